The Bertz CT molecular complexity index is 1190. The number of carbonyl (C=O) groups is 2. The van der Waals surface area contributed by atoms with Crippen LogP contribution in [0.5, 0.6) is 0 Å². The SMILES string of the molecule is Cc1nn(C)c2[nH]c(C(=O)O[C@H](C)C(=O)Nc3cccc(C#N)c3)cc(=O)c12. The van der Waals surface area contributed by atoms with E-state index in [0.29, 0.717) is 28.0 Å². The van der Waals surface area contributed by atoms with E-state index >= 15 is 0 Å². The normalized spacial score (nSPS) is 11.6. The van der Waals surface area contributed by atoms with Crippen LogP contribution in [0, 0.1) is 18.3 Å². The second kappa shape index (κ2) is 7.36. The highest BCUT2D eigenvalue weighted by Gasteiger charge is 2.21. The molecule has 2 N–H and O–H groups in total. The number of ether oxygens (including phenoxy) is 1. The summed E-state index contributed by atoms with van der Waals surface area (Å²) in [5.74, 6) is -1.41. The van der Waals surface area contributed by atoms with Crippen molar-refractivity contribution in [1.29, 1.82) is 5.26 Å². The monoisotopic (exact) mass is 379 g/mol. The number of rotatable bonds is 4. The standard InChI is InChI=1S/C19H17N5O4/c1-10-16-15(25)8-14(22-17(16)24(3)23-10)19(27)28-11(2)18(26)21-13-6-4-5-12(7-13)9-20/h4-8,11H,1-3H3,(H,21,26)(H,22,25)/t11-/m1/s1. The van der Waals surface area contributed by atoms with Crippen molar-refractivity contribution in [1.82, 2.24) is 14.8 Å². The van der Waals surface area contributed by atoms with Crippen LogP contribution in [0.3, 0.4) is 0 Å². The Morgan fingerprint density at radius 1 is 1.36 bits per heavy atom. The number of benzene rings is 1. The number of aromatic amines is 1. The van der Waals surface area contributed by atoms with E-state index in [0.717, 1.165) is 6.07 Å². The van der Waals surface area contributed by atoms with E-state index in [1.54, 1.807) is 32.2 Å². The third-order valence-corrected chi connectivity index (χ3v) is 4.13. The van der Waals surface area contributed by atoms with Crippen LogP contribution in [0.2, 0.25) is 0 Å². The van der Waals surface area contributed by atoms with Gasteiger partial charge in [-0.2, -0.15) is 10.4 Å². The number of anilines is 1. The van der Waals surface area contributed by atoms with Crippen molar-refractivity contribution in [2.24, 2.45) is 7.05 Å². The molecule has 0 saturated heterocycles. The maximum atomic E-state index is 12.4. The van der Waals surface area contributed by atoms with Gasteiger partial charge in [0.25, 0.3) is 5.91 Å². The van der Waals surface area contributed by atoms with Crippen molar-refractivity contribution in [3.05, 3.63) is 57.5 Å². The highest BCUT2D eigenvalue weighted by Crippen LogP contribution is 2.13. The molecule has 1 amide bonds. The summed E-state index contributed by atoms with van der Waals surface area (Å²) in [5.41, 5.74) is 1.30. The maximum Gasteiger partial charge on any atom is 0.355 e. The summed E-state index contributed by atoms with van der Waals surface area (Å²) >= 11 is 0. The summed E-state index contributed by atoms with van der Waals surface area (Å²) in [5, 5.41) is 16.0. The van der Waals surface area contributed by atoms with Crippen molar-refractivity contribution >= 4 is 28.6 Å². The van der Waals surface area contributed by atoms with E-state index < -0.39 is 18.0 Å². The van der Waals surface area contributed by atoms with Crippen molar-refractivity contribution < 1.29 is 14.3 Å². The summed E-state index contributed by atoms with van der Waals surface area (Å²) in [4.78, 5) is 39.7. The number of hydrogen-bond donors (Lipinski definition) is 2. The largest absolute Gasteiger partial charge is 0.448 e. The molecule has 3 rings (SSSR count). The lowest BCUT2D eigenvalue weighted by atomic mass is 10.2. The van der Waals surface area contributed by atoms with Crippen molar-refractivity contribution in [3.63, 3.8) is 0 Å². The zero-order chi connectivity index (χ0) is 20.4. The van der Waals surface area contributed by atoms with Crippen molar-refractivity contribution in [2.45, 2.75) is 20.0 Å². The van der Waals surface area contributed by atoms with Crippen LogP contribution in [-0.2, 0) is 16.6 Å². The van der Waals surface area contributed by atoms with Gasteiger partial charge in [-0.15, -0.1) is 0 Å². The number of fused-ring (bicyclic) bond motifs is 1. The van der Waals surface area contributed by atoms with Crippen LogP contribution < -0.4 is 10.7 Å². The average Bonchev–Trinajstić information content (AvgIpc) is 2.95. The van der Waals surface area contributed by atoms with Gasteiger partial charge in [0.2, 0.25) is 0 Å². The number of nitrogens with one attached hydrogen (secondary N) is 2. The molecule has 1 aromatic carbocycles. The predicted molar refractivity (Wildman–Crippen MR) is 101 cm³/mol. The minimum Gasteiger partial charge on any atom is -0.448 e. The zero-order valence-electron chi connectivity index (χ0n) is 15.4. The fourth-order valence-corrected chi connectivity index (χ4v) is 2.76. The zero-order valence-corrected chi connectivity index (χ0v) is 15.4. The van der Waals surface area contributed by atoms with E-state index in [2.05, 4.69) is 15.4 Å². The molecule has 0 bridgehead atoms. The third kappa shape index (κ3) is 3.61. The minimum absolute atomic E-state index is 0.0772. The van der Waals surface area contributed by atoms with Gasteiger partial charge in [0.15, 0.2) is 11.5 Å². The molecule has 9 nitrogen and oxygen atoms in total. The number of hydrogen-bond acceptors (Lipinski definition) is 6. The molecule has 0 spiro atoms. The molecular weight excluding hydrogens is 362 g/mol. The topological polar surface area (TPSA) is 130 Å². The van der Waals surface area contributed by atoms with E-state index in [-0.39, 0.29) is 11.1 Å². The lowest BCUT2D eigenvalue weighted by molar-refractivity contribution is -0.123. The van der Waals surface area contributed by atoms with E-state index in [1.807, 2.05) is 6.07 Å². The van der Waals surface area contributed by atoms with Crippen LogP contribution in [0.25, 0.3) is 11.0 Å². The molecule has 2 aromatic heterocycles. The smallest absolute Gasteiger partial charge is 0.355 e. The number of nitrogens with zero attached hydrogens (tertiary/aromatic N) is 3. The Labute approximate surface area is 159 Å². The Hall–Kier alpha value is -3.93. The van der Waals surface area contributed by atoms with Crippen LogP contribution in [0.15, 0.2) is 35.1 Å². The van der Waals surface area contributed by atoms with Gasteiger partial charge in [0, 0.05) is 18.8 Å². The first-order valence-electron chi connectivity index (χ1n) is 8.38. The van der Waals surface area contributed by atoms with Gasteiger partial charge in [-0.3, -0.25) is 14.3 Å². The van der Waals surface area contributed by atoms with Crippen LogP contribution in [0.1, 0.15) is 28.7 Å². The predicted octanol–water partition coefficient (Wildman–Crippen LogP) is 1.63. The number of esters is 1. The Morgan fingerprint density at radius 3 is 2.82 bits per heavy atom. The molecule has 0 aliphatic carbocycles. The number of pyridine rings is 1. The summed E-state index contributed by atoms with van der Waals surface area (Å²) < 4.78 is 6.62. The number of nitriles is 1. The molecule has 0 unspecified atom stereocenters. The number of amides is 1. The summed E-state index contributed by atoms with van der Waals surface area (Å²) in [6.07, 6.45) is -1.12. The van der Waals surface area contributed by atoms with Gasteiger partial charge >= 0.3 is 5.97 Å². The summed E-state index contributed by atoms with van der Waals surface area (Å²) in [6.45, 7) is 3.11. The van der Waals surface area contributed by atoms with Gasteiger partial charge in [0.1, 0.15) is 11.3 Å². The maximum absolute atomic E-state index is 12.4. The molecule has 9 heteroatoms. The fraction of sp³-hybridized carbons (Fsp3) is 0.211. The number of aromatic nitrogens is 3. The van der Waals surface area contributed by atoms with E-state index in [9.17, 15) is 14.4 Å². The Morgan fingerprint density at radius 2 is 2.11 bits per heavy atom. The second-order valence-corrected chi connectivity index (χ2v) is 6.21. The van der Waals surface area contributed by atoms with Gasteiger partial charge in [0.05, 0.1) is 22.7 Å². The molecular formula is C19H17N5O4. The van der Waals surface area contributed by atoms with Gasteiger partial charge in [-0.1, -0.05) is 6.07 Å². The van der Waals surface area contributed by atoms with Gasteiger partial charge in [-0.05, 0) is 32.0 Å². The molecule has 142 valence electrons. The first-order chi connectivity index (χ1) is 13.3. The van der Waals surface area contributed by atoms with E-state index in [4.69, 9.17) is 10.00 Å². The molecule has 28 heavy (non-hydrogen) atoms. The molecule has 0 aliphatic rings. The van der Waals surface area contributed by atoms with Gasteiger partial charge in [-0.25, -0.2) is 4.79 Å². The van der Waals surface area contributed by atoms with Gasteiger partial charge < -0.3 is 15.0 Å². The molecule has 0 aliphatic heterocycles. The first-order valence-corrected chi connectivity index (χ1v) is 8.38. The quantitative estimate of drug-likeness (QED) is 0.663. The Balaban J connectivity index is 1.76. The highest BCUT2D eigenvalue weighted by atomic mass is 16.5. The molecule has 0 fully saturated rings. The number of aryl methyl sites for hydroxylation is 2. The van der Waals surface area contributed by atoms with E-state index in [1.165, 1.54) is 17.7 Å². The van der Waals surface area contributed by atoms with Crippen LogP contribution in [0.4, 0.5) is 5.69 Å². The lowest BCUT2D eigenvalue weighted by Gasteiger charge is -2.13. The second-order valence-electron chi connectivity index (χ2n) is 6.21. The molecule has 2 heterocycles. The average molecular weight is 379 g/mol. The fourth-order valence-electron chi connectivity index (χ4n) is 2.76. The molecule has 0 radical (unpaired) electrons. The first kappa shape index (κ1) is 18.8. The summed E-state index contributed by atoms with van der Waals surface area (Å²) in [6, 6.07) is 9.44. The molecule has 0 saturated carbocycles. The van der Waals surface area contributed by atoms with Crippen LogP contribution in [-0.4, -0.2) is 32.7 Å². The third-order valence-electron chi connectivity index (χ3n) is 4.13. The van der Waals surface area contributed by atoms with Crippen molar-refractivity contribution in [2.75, 3.05) is 5.32 Å². The van der Waals surface area contributed by atoms with Crippen LogP contribution >= 0.6 is 0 Å². The number of carbonyl (C=O) groups excluding carboxylic acids is 2. The summed E-state index contributed by atoms with van der Waals surface area (Å²) in [7, 11) is 1.64. The molecule has 3 aromatic rings. The minimum atomic E-state index is -1.12. The molecule has 1 atom stereocenters. The highest BCUT2D eigenvalue weighted by molar-refractivity contribution is 5.97. The lowest BCUT2D eigenvalue weighted by Crippen LogP contribution is -2.30. The van der Waals surface area contributed by atoms with Crippen molar-refractivity contribution in [3.8, 4) is 6.07 Å². The Kier molecular flexibility index (Phi) is 4.96. The number of H-pyrrole nitrogens is 1.